The van der Waals surface area contributed by atoms with Gasteiger partial charge in [-0.15, -0.1) is 0 Å². The first-order valence-corrected chi connectivity index (χ1v) is 38.2. The molecule has 7 aromatic rings. The molecule has 2 unspecified atom stereocenters. The van der Waals surface area contributed by atoms with Crippen LogP contribution in [-0.2, 0) is 61.9 Å². The Balaban J connectivity index is 1.09. The van der Waals surface area contributed by atoms with Crippen molar-refractivity contribution in [2.24, 2.45) is 0 Å². The van der Waals surface area contributed by atoms with Crippen molar-refractivity contribution in [1.29, 1.82) is 0 Å². The molecule has 9 rings (SSSR count). The summed E-state index contributed by atoms with van der Waals surface area (Å²) in [6.07, 6.45) is -4.79. The Hall–Kier alpha value is -8.36. The Morgan fingerprint density at radius 3 is 1.01 bits per heavy atom. The second-order valence-electron chi connectivity index (χ2n) is 27.3. The quantitative estimate of drug-likeness (QED) is 0.0321. The summed E-state index contributed by atoms with van der Waals surface area (Å²) in [5, 5.41) is -0.619. The predicted molar refractivity (Wildman–Crippen MR) is 364 cm³/mol. The van der Waals surface area contributed by atoms with Crippen LogP contribution in [0.2, 0.25) is 36.3 Å². The molecule has 2 aliphatic heterocycles. The molecular weight excluding hydrogens is 1200 g/mol. The SMILES string of the molecule is CC(C)(C)[Si](C)(C)OC(CC[C@H]1C(=O)O[C@H](c2ccccc2)[C@H](c2ccccc2)N1C(=O)OCc1ccccc1)CN(CC(CC[C@H]1C(=O)O[C@H](c2ccccc2)[C@H](c2ccccc2)N1C(=O)OCc1ccccc1)O[Si](C)(C)C(C)(C)C)C(=O)OCc1ccccc1. The van der Waals surface area contributed by atoms with E-state index in [0.717, 1.165) is 27.8 Å². The number of carbonyl (C=O) groups is 5. The van der Waals surface area contributed by atoms with Crippen LogP contribution in [0.1, 0.15) is 130 Å². The van der Waals surface area contributed by atoms with Gasteiger partial charge in [-0.1, -0.05) is 254 Å². The second-order valence-corrected chi connectivity index (χ2v) is 36.8. The van der Waals surface area contributed by atoms with Crippen LogP contribution in [0.5, 0.6) is 0 Å². The molecule has 2 aliphatic rings. The van der Waals surface area contributed by atoms with Crippen molar-refractivity contribution in [3.8, 4) is 0 Å². The second kappa shape index (κ2) is 31.0. The van der Waals surface area contributed by atoms with E-state index in [4.69, 9.17) is 32.5 Å². The van der Waals surface area contributed by atoms with E-state index in [1.165, 1.54) is 0 Å². The van der Waals surface area contributed by atoms with Crippen LogP contribution in [0.3, 0.4) is 0 Å². The Morgan fingerprint density at radius 1 is 0.430 bits per heavy atom. The highest BCUT2D eigenvalue weighted by Crippen LogP contribution is 2.47. The Bertz CT molecular complexity index is 3320. The van der Waals surface area contributed by atoms with E-state index in [-0.39, 0.29) is 68.7 Å². The molecule has 0 saturated carbocycles. The van der Waals surface area contributed by atoms with Gasteiger partial charge in [0.2, 0.25) is 0 Å². The average molecular weight is 1290 g/mol. The zero-order valence-electron chi connectivity index (χ0n) is 55.4. The highest BCUT2D eigenvalue weighted by Gasteiger charge is 2.51. The monoisotopic (exact) mass is 1290 g/mol. The third kappa shape index (κ3) is 17.9. The van der Waals surface area contributed by atoms with Crippen LogP contribution < -0.4 is 0 Å². The molecule has 490 valence electrons. The summed E-state index contributed by atoms with van der Waals surface area (Å²) in [4.78, 5) is 80.3. The van der Waals surface area contributed by atoms with E-state index in [0.29, 0.717) is 11.1 Å². The third-order valence-electron chi connectivity index (χ3n) is 18.6. The average Bonchev–Trinajstić information content (AvgIpc) is 0.836. The molecule has 2 heterocycles. The maximum atomic E-state index is 15.4. The Morgan fingerprint density at radius 2 is 0.710 bits per heavy atom. The van der Waals surface area contributed by atoms with E-state index in [1.807, 2.05) is 212 Å². The molecule has 93 heavy (non-hydrogen) atoms. The van der Waals surface area contributed by atoms with Gasteiger partial charge >= 0.3 is 30.2 Å². The molecule has 0 bridgehead atoms. The van der Waals surface area contributed by atoms with Crippen LogP contribution in [0.4, 0.5) is 14.4 Å². The van der Waals surface area contributed by atoms with Gasteiger partial charge in [-0.2, -0.15) is 0 Å². The van der Waals surface area contributed by atoms with Gasteiger partial charge in [0.15, 0.2) is 28.8 Å². The molecule has 7 aromatic carbocycles. The molecule has 15 nitrogen and oxygen atoms in total. The van der Waals surface area contributed by atoms with E-state index in [1.54, 1.807) is 14.7 Å². The van der Waals surface area contributed by atoms with Gasteiger partial charge in [-0.05, 0) is 101 Å². The smallest absolute Gasteiger partial charge is 0.411 e. The van der Waals surface area contributed by atoms with Crippen molar-refractivity contribution in [3.05, 3.63) is 251 Å². The maximum Gasteiger partial charge on any atom is 0.411 e. The molecular formula is C76H91N3O12Si2. The lowest BCUT2D eigenvalue weighted by Gasteiger charge is -2.46. The van der Waals surface area contributed by atoms with Gasteiger partial charge in [0, 0.05) is 13.1 Å². The summed E-state index contributed by atoms with van der Waals surface area (Å²) in [6, 6.07) is 62.3. The Kier molecular flexibility index (Phi) is 23.0. The number of cyclic esters (lactones) is 2. The van der Waals surface area contributed by atoms with Crippen molar-refractivity contribution in [1.82, 2.24) is 14.7 Å². The number of hydrogen-bond acceptors (Lipinski definition) is 12. The lowest BCUT2D eigenvalue weighted by Crippen LogP contribution is -2.55. The molecule has 8 atom stereocenters. The summed E-state index contributed by atoms with van der Waals surface area (Å²) in [7, 11) is -5.48. The summed E-state index contributed by atoms with van der Waals surface area (Å²) in [5.74, 6) is -1.21. The number of morpholine rings is 2. The number of hydrogen-bond donors (Lipinski definition) is 0. The zero-order chi connectivity index (χ0) is 66.3. The van der Waals surface area contributed by atoms with Crippen LogP contribution in [-0.4, -0.2) is 98.9 Å². The van der Waals surface area contributed by atoms with Crippen LogP contribution in [0.15, 0.2) is 212 Å². The van der Waals surface area contributed by atoms with Crippen LogP contribution >= 0.6 is 0 Å². The fourth-order valence-corrected chi connectivity index (χ4v) is 14.3. The third-order valence-corrected chi connectivity index (χ3v) is 27.7. The standard InChI is InChI=1S/C76H91N3O12Si2/c1-75(2,3)92(7,8)90-62(46-48-64-70(80)88-68(60-42-28-16-29-43-60)66(58-38-24-14-25-39-58)78(64)73(83)86-53-56-34-20-12-21-35-56)50-77(72(82)85-52-55-32-18-11-19-33-55)51-63(91-93(9,10)76(4,5)6)47-49-65-71(81)89-69(61-44-30-17-31-45-61)67(59-40-26-15-27-41-59)79(65)74(84)87-54-57-36-22-13-23-37-57/h11-45,62-69H,46-54H2,1-10H3/t62?,63?,64-,65-,66-,67-,68+,69+/m0/s1. The van der Waals surface area contributed by atoms with Gasteiger partial charge in [-0.3, -0.25) is 9.80 Å². The van der Waals surface area contributed by atoms with Gasteiger partial charge in [0.05, 0.1) is 12.2 Å². The molecule has 0 aliphatic carbocycles. The number of rotatable bonds is 24. The van der Waals surface area contributed by atoms with E-state index in [9.17, 15) is 0 Å². The normalized spacial score (nSPS) is 19.3. The fraction of sp³-hybridized carbons (Fsp3) is 0.382. The topological polar surface area (TPSA) is 160 Å². The summed E-state index contributed by atoms with van der Waals surface area (Å²) < 4.78 is 46.5. The van der Waals surface area contributed by atoms with Crippen LogP contribution in [0, 0.1) is 0 Å². The van der Waals surface area contributed by atoms with Gasteiger partial charge < -0.3 is 37.4 Å². The summed E-state index contributed by atoms with van der Waals surface area (Å²) in [6.45, 7) is 21.3. The first-order chi connectivity index (χ1) is 44.5. The minimum atomic E-state index is -2.74. The van der Waals surface area contributed by atoms with E-state index >= 15 is 24.0 Å². The molecule has 2 saturated heterocycles. The highest BCUT2D eigenvalue weighted by atomic mass is 28.4. The Labute approximate surface area is 551 Å². The summed E-state index contributed by atoms with van der Waals surface area (Å²) in [5.41, 5.74) is 5.25. The number of benzene rings is 7. The van der Waals surface area contributed by atoms with Crippen molar-refractivity contribution >= 4 is 46.9 Å². The minimum absolute atomic E-state index is 0.0231. The minimum Gasteiger partial charge on any atom is -0.453 e. The fourth-order valence-electron chi connectivity index (χ4n) is 11.6. The highest BCUT2D eigenvalue weighted by molar-refractivity contribution is 6.74. The van der Waals surface area contributed by atoms with Crippen LogP contribution in [0.25, 0.3) is 0 Å². The van der Waals surface area contributed by atoms with Crippen molar-refractivity contribution in [2.75, 3.05) is 13.1 Å². The molecule has 3 amide bonds. The van der Waals surface area contributed by atoms with Gasteiger partial charge in [0.25, 0.3) is 0 Å². The zero-order valence-corrected chi connectivity index (χ0v) is 57.4. The number of ether oxygens (including phenoxy) is 5. The van der Waals surface area contributed by atoms with Gasteiger partial charge in [-0.25, -0.2) is 24.0 Å². The predicted octanol–water partition coefficient (Wildman–Crippen LogP) is 17.1. The molecule has 17 heteroatoms. The molecule has 2 fully saturated rings. The lowest BCUT2D eigenvalue weighted by molar-refractivity contribution is -0.174. The number of carbonyl (C=O) groups excluding carboxylic acids is 5. The molecule has 0 radical (unpaired) electrons. The molecule has 0 aromatic heterocycles. The van der Waals surface area contributed by atoms with Crippen molar-refractivity contribution in [3.63, 3.8) is 0 Å². The van der Waals surface area contributed by atoms with E-state index < -0.39 is 95.4 Å². The molecule has 0 spiro atoms. The largest absolute Gasteiger partial charge is 0.453 e. The first kappa shape index (κ1) is 69.0. The van der Waals surface area contributed by atoms with Crippen molar-refractivity contribution in [2.45, 2.75) is 172 Å². The molecule has 0 N–H and O–H groups in total. The van der Waals surface area contributed by atoms with Crippen molar-refractivity contribution < 1.29 is 56.5 Å². The van der Waals surface area contributed by atoms with E-state index in [2.05, 4.69) is 67.7 Å². The van der Waals surface area contributed by atoms with Gasteiger partial charge in [0.1, 0.15) is 44.0 Å². The maximum absolute atomic E-state index is 15.4. The lowest BCUT2D eigenvalue weighted by atomic mass is 9.90. The number of esters is 2. The number of amides is 3. The first-order valence-electron chi connectivity index (χ1n) is 32.4. The summed E-state index contributed by atoms with van der Waals surface area (Å²) >= 11 is 0. The number of nitrogens with zero attached hydrogens (tertiary/aromatic N) is 3.